The van der Waals surface area contributed by atoms with E-state index >= 15 is 0 Å². The number of aryl methyl sites for hydroxylation is 2. The minimum Gasteiger partial charge on any atom is -0.496 e. The third kappa shape index (κ3) is 3.18. The first kappa shape index (κ1) is 13.3. The Bertz CT molecular complexity index is 556. The SMILES string of the molecule is COc1ccc(CCc2nc(N)n[nH]2)cc1C(F)F. The average Bonchev–Trinajstić information content (AvgIpc) is 2.81. The molecule has 0 saturated heterocycles. The van der Waals surface area contributed by atoms with E-state index in [1.807, 2.05) is 0 Å². The van der Waals surface area contributed by atoms with Gasteiger partial charge < -0.3 is 10.5 Å². The number of rotatable bonds is 5. The van der Waals surface area contributed by atoms with Crippen LogP contribution in [0.1, 0.15) is 23.4 Å². The van der Waals surface area contributed by atoms with Gasteiger partial charge in [0.25, 0.3) is 6.43 Å². The first-order valence-corrected chi connectivity index (χ1v) is 5.72. The van der Waals surface area contributed by atoms with Crippen LogP contribution in [-0.2, 0) is 12.8 Å². The van der Waals surface area contributed by atoms with Crippen molar-refractivity contribution < 1.29 is 13.5 Å². The minimum atomic E-state index is -2.56. The third-order valence-corrected chi connectivity index (χ3v) is 2.73. The van der Waals surface area contributed by atoms with Crippen molar-refractivity contribution in [3.8, 4) is 5.75 Å². The van der Waals surface area contributed by atoms with Gasteiger partial charge in [-0.2, -0.15) is 4.98 Å². The summed E-state index contributed by atoms with van der Waals surface area (Å²) in [6, 6.07) is 4.75. The van der Waals surface area contributed by atoms with Gasteiger partial charge in [0, 0.05) is 6.42 Å². The lowest BCUT2D eigenvalue weighted by Gasteiger charge is -2.09. The molecule has 0 unspecified atom stereocenters. The van der Waals surface area contributed by atoms with Gasteiger partial charge in [-0.3, -0.25) is 5.10 Å². The number of nitrogens with two attached hydrogens (primary N) is 1. The van der Waals surface area contributed by atoms with Crippen LogP contribution in [-0.4, -0.2) is 22.3 Å². The summed E-state index contributed by atoms with van der Waals surface area (Å²) in [5.41, 5.74) is 6.06. The van der Waals surface area contributed by atoms with E-state index in [0.29, 0.717) is 18.7 Å². The van der Waals surface area contributed by atoms with Gasteiger partial charge >= 0.3 is 0 Å². The van der Waals surface area contributed by atoms with Crippen LogP contribution in [0.5, 0.6) is 5.75 Å². The molecule has 0 saturated carbocycles. The zero-order chi connectivity index (χ0) is 13.8. The molecule has 5 nitrogen and oxygen atoms in total. The van der Waals surface area contributed by atoms with Crippen molar-refractivity contribution in [2.24, 2.45) is 0 Å². The topological polar surface area (TPSA) is 76.8 Å². The molecule has 0 fully saturated rings. The molecule has 1 aromatic heterocycles. The second-order valence-electron chi connectivity index (χ2n) is 4.02. The van der Waals surface area contributed by atoms with Crippen LogP contribution in [0.4, 0.5) is 14.7 Å². The Balaban J connectivity index is 2.10. The maximum atomic E-state index is 12.8. The zero-order valence-corrected chi connectivity index (χ0v) is 10.4. The van der Waals surface area contributed by atoms with Crippen LogP contribution < -0.4 is 10.5 Å². The summed E-state index contributed by atoms with van der Waals surface area (Å²) in [5, 5.41) is 6.38. The molecular formula is C12H14F2N4O. The maximum absolute atomic E-state index is 12.8. The van der Waals surface area contributed by atoms with Crippen molar-refractivity contribution in [1.29, 1.82) is 0 Å². The second kappa shape index (κ2) is 5.64. The number of nitrogen functional groups attached to an aromatic ring is 1. The molecule has 0 spiro atoms. The molecule has 0 aliphatic heterocycles. The summed E-state index contributed by atoms with van der Waals surface area (Å²) in [4.78, 5) is 3.96. The van der Waals surface area contributed by atoms with Crippen LogP contribution in [0.25, 0.3) is 0 Å². The number of nitrogens with zero attached hydrogens (tertiary/aromatic N) is 2. The van der Waals surface area contributed by atoms with E-state index in [-0.39, 0.29) is 17.3 Å². The molecule has 2 rings (SSSR count). The monoisotopic (exact) mass is 268 g/mol. The van der Waals surface area contributed by atoms with Gasteiger partial charge in [0.15, 0.2) is 0 Å². The van der Waals surface area contributed by atoms with Crippen molar-refractivity contribution in [3.05, 3.63) is 35.2 Å². The molecule has 0 atom stereocenters. The molecule has 0 bridgehead atoms. The highest BCUT2D eigenvalue weighted by atomic mass is 19.3. The molecule has 3 N–H and O–H groups in total. The number of hydrogen-bond acceptors (Lipinski definition) is 4. The summed E-state index contributed by atoms with van der Waals surface area (Å²) in [6.45, 7) is 0. The highest BCUT2D eigenvalue weighted by molar-refractivity contribution is 5.38. The molecule has 2 aromatic rings. The number of ether oxygens (including phenoxy) is 1. The normalized spacial score (nSPS) is 10.9. The predicted octanol–water partition coefficient (Wildman–Crippen LogP) is 2.12. The third-order valence-electron chi connectivity index (χ3n) is 2.73. The van der Waals surface area contributed by atoms with Gasteiger partial charge in [-0.1, -0.05) is 6.07 Å². The standard InChI is InChI=1S/C12H14F2N4O/c1-19-9-4-2-7(6-8(9)11(13)14)3-5-10-16-12(15)18-17-10/h2,4,6,11H,3,5H2,1H3,(H3,15,16,17,18). The summed E-state index contributed by atoms with van der Waals surface area (Å²) in [6.07, 6.45) is -1.44. The highest BCUT2D eigenvalue weighted by Gasteiger charge is 2.14. The van der Waals surface area contributed by atoms with E-state index in [4.69, 9.17) is 10.5 Å². The first-order valence-electron chi connectivity index (χ1n) is 5.72. The van der Waals surface area contributed by atoms with Gasteiger partial charge in [-0.15, -0.1) is 5.10 Å². The van der Waals surface area contributed by atoms with Crippen LogP contribution in [0.3, 0.4) is 0 Å². The van der Waals surface area contributed by atoms with E-state index < -0.39 is 6.43 Å². The Hall–Kier alpha value is -2.18. The van der Waals surface area contributed by atoms with Gasteiger partial charge in [0.2, 0.25) is 5.95 Å². The number of aromatic amines is 1. The van der Waals surface area contributed by atoms with Gasteiger partial charge in [-0.05, 0) is 24.1 Å². The molecular weight excluding hydrogens is 254 g/mol. The Kier molecular flexibility index (Phi) is 3.94. The Morgan fingerprint density at radius 1 is 1.37 bits per heavy atom. The van der Waals surface area contributed by atoms with Crippen molar-refractivity contribution in [2.75, 3.05) is 12.8 Å². The Morgan fingerprint density at radius 3 is 2.74 bits per heavy atom. The van der Waals surface area contributed by atoms with E-state index in [1.165, 1.54) is 13.2 Å². The predicted molar refractivity (Wildman–Crippen MR) is 66.2 cm³/mol. The van der Waals surface area contributed by atoms with E-state index in [2.05, 4.69) is 15.2 Å². The molecule has 0 amide bonds. The highest BCUT2D eigenvalue weighted by Crippen LogP contribution is 2.29. The number of anilines is 1. The molecule has 0 aliphatic rings. The number of benzene rings is 1. The van der Waals surface area contributed by atoms with Crippen LogP contribution in [0, 0.1) is 0 Å². The molecule has 102 valence electrons. The van der Waals surface area contributed by atoms with Crippen molar-refractivity contribution in [1.82, 2.24) is 15.2 Å². The molecule has 0 aliphatic carbocycles. The van der Waals surface area contributed by atoms with E-state index in [1.54, 1.807) is 12.1 Å². The lowest BCUT2D eigenvalue weighted by molar-refractivity contribution is 0.147. The maximum Gasteiger partial charge on any atom is 0.267 e. The molecule has 1 heterocycles. The van der Waals surface area contributed by atoms with Crippen LogP contribution in [0.15, 0.2) is 18.2 Å². The molecule has 19 heavy (non-hydrogen) atoms. The minimum absolute atomic E-state index is 0.0999. The lowest BCUT2D eigenvalue weighted by Crippen LogP contribution is -1.98. The Morgan fingerprint density at radius 2 is 2.16 bits per heavy atom. The average molecular weight is 268 g/mol. The zero-order valence-electron chi connectivity index (χ0n) is 10.4. The number of hydrogen-bond donors (Lipinski definition) is 2. The molecule has 1 aromatic carbocycles. The largest absolute Gasteiger partial charge is 0.496 e. The number of halogens is 2. The number of aromatic nitrogens is 3. The second-order valence-corrected chi connectivity index (χ2v) is 4.02. The molecule has 0 radical (unpaired) electrons. The van der Waals surface area contributed by atoms with Crippen LogP contribution >= 0.6 is 0 Å². The van der Waals surface area contributed by atoms with Gasteiger partial charge in [0.05, 0.1) is 12.7 Å². The van der Waals surface area contributed by atoms with E-state index in [0.717, 1.165) is 5.56 Å². The molecule has 7 heteroatoms. The van der Waals surface area contributed by atoms with Crippen molar-refractivity contribution in [2.45, 2.75) is 19.3 Å². The fourth-order valence-corrected chi connectivity index (χ4v) is 1.79. The number of methoxy groups -OCH3 is 1. The van der Waals surface area contributed by atoms with Crippen LogP contribution in [0.2, 0.25) is 0 Å². The number of H-pyrrole nitrogens is 1. The Labute approximate surface area is 108 Å². The summed E-state index contributed by atoms with van der Waals surface area (Å²) in [7, 11) is 1.37. The summed E-state index contributed by atoms with van der Waals surface area (Å²) >= 11 is 0. The summed E-state index contributed by atoms with van der Waals surface area (Å²) in [5.74, 6) is 1.01. The first-order chi connectivity index (χ1) is 9.10. The number of alkyl halides is 2. The quantitative estimate of drug-likeness (QED) is 0.870. The van der Waals surface area contributed by atoms with Crippen molar-refractivity contribution in [3.63, 3.8) is 0 Å². The lowest BCUT2D eigenvalue weighted by atomic mass is 10.1. The fourth-order valence-electron chi connectivity index (χ4n) is 1.79. The van der Waals surface area contributed by atoms with Gasteiger partial charge in [0.1, 0.15) is 11.6 Å². The van der Waals surface area contributed by atoms with E-state index in [9.17, 15) is 8.78 Å². The number of nitrogens with one attached hydrogen (secondary N) is 1. The smallest absolute Gasteiger partial charge is 0.267 e. The van der Waals surface area contributed by atoms with Crippen molar-refractivity contribution >= 4 is 5.95 Å². The summed E-state index contributed by atoms with van der Waals surface area (Å²) < 4.78 is 30.6. The van der Waals surface area contributed by atoms with Gasteiger partial charge in [-0.25, -0.2) is 8.78 Å². The fraction of sp³-hybridized carbons (Fsp3) is 0.333.